The third kappa shape index (κ3) is 6.96. The molecule has 5 rings (SSSR count). The summed E-state index contributed by atoms with van der Waals surface area (Å²) >= 11 is 6.11. The molecule has 0 saturated carbocycles. The Morgan fingerprint density at radius 2 is 1.80 bits per heavy atom. The molecular weight excluding hydrogens is 622 g/mol. The molecule has 0 unspecified atom stereocenters. The van der Waals surface area contributed by atoms with Gasteiger partial charge in [-0.2, -0.15) is 22.9 Å². The predicted molar refractivity (Wildman–Crippen MR) is 158 cm³/mol. The fourth-order valence-corrected chi connectivity index (χ4v) is 4.45. The second-order valence-corrected chi connectivity index (χ2v) is 9.77. The van der Waals surface area contributed by atoms with Gasteiger partial charge in [0.1, 0.15) is 5.82 Å². The van der Waals surface area contributed by atoms with Crippen LogP contribution in [0.25, 0.3) is 22.3 Å². The number of carbonyl (C=O) groups excluding carboxylic acids is 1. The highest BCUT2D eigenvalue weighted by Gasteiger charge is 2.31. The van der Waals surface area contributed by atoms with Crippen LogP contribution in [0.5, 0.6) is 5.75 Å². The molecule has 4 aromatic carbocycles. The predicted octanol–water partition coefficient (Wildman–Crippen LogP) is 6.68. The first kappa shape index (κ1) is 30.8. The first-order chi connectivity index (χ1) is 21.4. The number of carbonyl (C=O) groups is 1. The summed E-state index contributed by atoms with van der Waals surface area (Å²) in [6.45, 7) is -0.729. The molecule has 0 atom stereocenters. The molecule has 0 aliphatic heterocycles. The smallest absolute Gasteiger partial charge is 0.416 e. The second-order valence-electron chi connectivity index (χ2n) is 9.34. The van der Waals surface area contributed by atoms with Crippen LogP contribution in [-0.2, 0) is 11.0 Å². The molecule has 1 amide bonds. The van der Waals surface area contributed by atoms with Crippen LogP contribution < -0.4 is 15.6 Å². The molecule has 0 aliphatic carbocycles. The van der Waals surface area contributed by atoms with E-state index in [-0.39, 0.29) is 38.6 Å². The number of hydrogen-bond donors (Lipinski definition) is 1. The van der Waals surface area contributed by atoms with Crippen LogP contribution in [0.1, 0.15) is 11.1 Å². The number of halogens is 5. The topological polar surface area (TPSA) is 129 Å². The lowest BCUT2D eigenvalue weighted by molar-refractivity contribution is -0.385. The van der Waals surface area contributed by atoms with Crippen LogP contribution in [0, 0.1) is 15.9 Å². The number of ether oxygens (including phenoxy) is 1. The van der Waals surface area contributed by atoms with Crippen LogP contribution >= 0.6 is 11.6 Å². The molecule has 10 nitrogen and oxygen atoms in total. The Balaban J connectivity index is 1.58. The maximum atomic E-state index is 13.5. The van der Waals surface area contributed by atoms with E-state index in [2.05, 4.69) is 15.4 Å². The summed E-state index contributed by atoms with van der Waals surface area (Å²) in [6.07, 6.45) is -3.71. The number of benzene rings is 4. The molecule has 15 heteroatoms. The van der Waals surface area contributed by atoms with E-state index in [1.165, 1.54) is 36.4 Å². The Bertz CT molecular complexity index is 2030. The van der Waals surface area contributed by atoms with Gasteiger partial charge in [0.25, 0.3) is 11.5 Å². The molecule has 0 fully saturated rings. The van der Waals surface area contributed by atoms with Gasteiger partial charge in [0, 0.05) is 27.9 Å². The van der Waals surface area contributed by atoms with Gasteiger partial charge in [-0.15, -0.1) is 0 Å². The Morgan fingerprint density at radius 3 is 2.51 bits per heavy atom. The van der Waals surface area contributed by atoms with Gasteiger partial charge < -0.3 is 10.1 Å². The van der Waals surface area contributed by atoms with Gasteiger partial charge in [0.05, 0.1) is 27.6 Å². The lowest BCUT2D eigenvalue weighted by Crippen LogP contribution is -2.21. The molecule has 0 bridgehead atoms. The summed E-state index contributed by atoms with van der Waals surface area (Å²) in [5.74, 6) is -1.96. The number of nitrogens with one attached hydrogen (secondary N) is 1. The van der Waals surface area contributed by atoms with E-state index in [0.29, 0.717) is 0 Å². The fourth-order valence-electron chi connectivity index (χ4n) is 4.23. The summed E-state index contributed by atoms with van der Waals surface area (Å²) in [5, 5.41) is 18.4. The van der Waals surface area contributed by atoms with Crippen LogP contribution in [0.3, 0.4) is 0 Å². The molecule has 1 N–H and O–H groups in total. The van der Waals surface area contributed by atoms with E-state index in [4.69, 9.17) is 16.3 Å². The lowest BCUT2D eigenvalue weighted by atomic mass is 10.1. The van der Waals surface area contributed by atoms with Gasteiger partial charge in [-0.3, -0.25) is 19.7 Å². The summed E-state index contributed by atoms with van der Waals surface area (Å²) < 4.78 is 59.9. The number of aromatic nitrogens is 2. The van der Waals surface area contributed by atoms with E-state index in [1.54, 1.807) is 12.1 Å². The Labute approximate surface area is 255 Å². The Morgan fingerprint density at radius 1 is 1.07 bits per heavy atom. The number of fused-ring (bicyclic) bond motifs is 1. The first-order valence-electron chi connectivity index (χ1n) is 12.8. The van der Waals surface area contributed by atoms with E-state index in [0.717, 1.165) is 47.3 Å². The third-order valence-corrected chi connectivity index (χ3v) is 6.47. The molecule has 1 heterocycles. The number of amides is 1. The number of para-hydroxylation sites is 1. The molecule has 0 spiro atoms. The van der Waals surface area contributed by atoms with Gasteiger partial charge in [0.15, 0.2) is 12.4 Å². The van der Waals surface area contributed by atoms with Crippen molar-refractivity contribution in [1.29, 1.82) is 0 Å². The van der Waals surface area contributed by atoms with E-state index < -0.39 is 52.0 Å². The average Bonchev–Trinajstić information content (AvgIpc) is 3.00. The molecule has 5 aromatic rings. The van der Waals surface area contributed by atoms with Gasteiger partial charge in [-0.05, 0) is 54.6 Å². The van der Waals surface area contributed by atoms with Gasteiger partial charge in [0.2, 0.25) is 5.75 Å². The van der Waals surface area contributed by atoms with Crippen molar-refractivity contribution in [3.8, 4) is 17.1 Å². The van der Waals surface area contributed by atoms with E-state index >= 15 is 0 Å². The maximum absolute atomic E-state index is 13.5. The van der Waals surface area contributed by atoms with Crippen molar-refractivity contribution in [2.24, 2.45) is 5.10 Å². The number of anilines is 1. The average molecular weight is 640 g/mol. The fraction of sp³-hybridized carbons (Fsp3) is 0.0667. The highest BCUT2D eigenvalue weighted by atomic mass is 35.5. The number of rotatable bonds is 8. The lowest BCUT2D eigenvalue weighted by Gasteiger charge is -2.13. The van der Waals surface area contributed by atoms with Crippen molar-refractivity contribution < 1.29 is 32.0 Å². The molecule has 228 valence electrons. The standard InChI is InChI=1S/C30H18ClF4N5O5/c31-20-13-18(27(25(14-20)40(43)44)45-16-26(41)37-22-10-8-21(32)9-11-22)15-36-39-28(17-4-3-5-19(12-17)30(33,34)35)38-24-7-2-1-6-23(24)29(39)42/h1-15H,16H2,(H,37,41). The zero-order valence-corrected chi connectivity index (χ0v) is 23.3. The van der Waals surface area contributed by atoms with Crippen LogP contribution in [0.4, 0.5) is 28.9 Å². The molecule has 0 saturated heterocycles. The monoisotopic (exact) mass is 639 g/mol. The number of nitrogens with zero attached hydrogens (tertiary/aromatic N) is 4. The third-order valence-electron chi connectivity index (χ3n) is 6.25. The van der Waals surface area contributed by atoms with Crippen LogP contribution in [0.2, 0.25) is 5.02 Å². The number of hydrogen-bond acceptors (Lipinski definition) is 7. The molecule has 0 radical (unpaired) electrons. The maximum Gasteiger partial charge on any atom is 0.416 e. The summed E-state index contributed by atoms with van der Waals surface area (Å²) in [5.41, 5.74) is -2.17. The van der Waals surface area contributed by atoms with Crippen LogP contribution in [0.15, 0.2) is 94.8 Å². The van der Waals surface area contributed by atoms with Crippen molar-refractivity contribution in [3.05, 3.63) is 127 Å². The number of nitro groups is 1. The van der Waals surface area contributed by atoms with Crippen molar-refractivity contribution in [2.45, 2.75) is 6.18 Å². The Kier molecular flexibility index (Phi) is 8.59. The molecule has 0 aliphatic rings. The van der Waals surface area contributed by atoms with Crippen molar-refractivity contribution in [3.63, 3.8) is 0 Å². The SMILES string of the molecule is O=C(COc1c(C=Nn2c(-c3cccc(C(F)(F)F)c3)nc3ccccc3c2=O)cc(Cl)cc1[N+](=O)[O-])Nc1ccc(F)cc1. The minimum Gasteiger partial charge on any atom is -0.476 e. The van der Waals surface area contributed by atoms with Gasteiger partial charge in [-0.1, -0.05) is 35.9 Å². The zero-order valence-electron chi connectivity index (χ0n) is 22.6. The second kappa shape index (κ2) is 12.5. The Hall–Kier alpha value is -5.63. The zero-order chi connectivity index (χ0) is 32.3. The van der Waals surface area contributed by atoms with Gasteiger partial charge in [-0.25, -0.2) is 9.37 Å². The largest absolute Gasteiger partial charge is 0.476 e. The summed E-state index contributed by atoms with van der Waals surface area (Å²) in [7, 11) is 0. The minimum absolute atomic E-state index is 0.0872. The molecular formula is C30H18ClF4N5O5. The van der Waals surface area contributed by atoms with E-state index in [9.17, 15) is 37.3 Å². The van der Waals surface area contributed by atoms with Crippen molar-refractivity contribution in [1.82, 2.24) is 9.66 Å². The highest BCUT2D eigenvalue weighted by Crippen LogP contribution is 2.34. The van der Waals surface area contributed by atoms with Gasteiger partial charge >= 0.3 is 11.9 Å². The molecule has 45 heavy (non-hydrogen) atoms. The quantitative estimate of drug-likeness (QED) is 0.0873. The van der Waals surface area contributed by atoms with Crippen molar-refractivity contribution in [2.75, 3.05) is 11.9 Å². The normalized spacial score (nSPS) is 11.6. The minimum atomic E-state index is -4.68. The number of alkyl halides is 3. The highest BCUT2D eigenvalue weighted by molar-refractivity contribution is 6.31. The summed E-state index contributed by atoms with van der Waals surface area (Å²) in [6, 6.07) is 17.3. The van der Waals surface area contributed by atoms with Crippen LogP contribution in [-0.4, -0.2) is 33.3 Å². The first-order valence-corrected chi connectivity index (χ1v) is 13.2. The van der Waals surface area contributed by atoms with E-state index in [1.807, 2.05) is 0 Å². The summed E-state index contributed by atoms with van der Waals surface area (Å²) in [4.78, 5) is 41.4. The molecule has 1 aromatic heterocycles. The number of nitro benzene ring substituents is 1. The van der Waals surface area contributed by atoms with Crippen molar-refractivity contribution >= 4 is 46.0 Å².